The lowest BCUT2D eigenvalue weighted by atomic mass is 9.80. The van der Waals surface area contributed by atoms with Gasteiger partial charge in [-0.2, -0.15) is 0 Å². The fourth-order valence-corrected chi connectivity index (χ4v) is 5.05. The molecule has 1 aliphatic heterocycles. The molecule has 4 rings (SSSR count). The van der Waals surface area contributed by atoms with Gasteiger partial charge in [-0.3, -0.25) is 9.59 Å². The number of nitrogens with zero attached hydrogens (tertiary/aromatic N) is 2. The molecule has 2 aromatic rings. The first-order chi connectivity index (χ1) is 16.4. The molecule has 0 radical (unpaired) electrons. The van der Waals surface area contributed by atoms with E-state index < -0.39 is 0 Å². The number of hydrogen-bond acceptors (Lipinski definition) is 5. The van der Waals surface area contributed by atoms with Crippen LogP contribution in [0, 0.1) is 5.92 Å². The number of piperidine rings is 1. The molecule has 7 nitrogen and oxygen atoms in total. The van der Waals surface area contributed by atoms with Crippen LogP contribution < -0.4 is 16.2 Å². The van der Waals surface area contributed by atoms with Gasteiger partial charge in [0.2, 0.25) is 5.91 Å². The van der Waals surface area contributed by atoms with Crippen molar-refractivity contribution in [1.82, 2.24) is 14.8 Å². The van der Waals surface area contributed by atoms with Crippen LogP contribution in [0.15, 0.2) is 35.3 Å². The van der Waals surface area contributed by atoms with Crippen LogP contribution >= 0.6 is 23.2 Å². The summed E-state index contributed by atoms with van der Waals surface area (Å²) in [5.74, 6) is -0.131. The van der Waals surface area contributed by atoms with Crippen LogP contribution in [0.25, 0.3) is 0 Å². The van der Waals surface area contributed by atoms with E-state index in [-0.39, 0.29) is 30.8 Å². The molecule has 1 aromatic carbocycles. The van der Waals surface area contributed by atoms with Crippen molar-refractivity contribution in [2.75, 3.05) is 38.7 Å². The van der Waals surface area contributed by atoms with Crippen molar-refractivity contribution >= 4 is 34.8 Å². The second-order valence-corrected chi connectivity index (χ2v) is 9.95. The van der Waals surface area contributed by atoms with Crippen molar-refractivity contribution in [3.63, 3.8) is 0 Å². The molecule has 1 saturated carbocycles. The Morgan fingerprint density at radius 2 is 2.09 bits per heavy atom. The molecule has 1 aliphatic carbocycles. The topological polar surface area (TPSA) is 75.6 Å². The fourth-order valence-electron chi connectivity index (χ4n) is 4.64. The van der Waals surface area contributed by atoms with Crippen LogP contribution in [-0.2, 0) is 23.1 Å². The maximum absolute atomic E-state index is 13.9. The highest BCUT2D eigenvalue weighted by molar-refractivity contribution is 6.42. The van der Waals surface area contributed by atoms with E-state index in [0.29, 0.717) is 36.3 Å². The summed E-state index contributed by atoms with van der Waals surface area (Å²) in [5.41, 5.74) is 2.55. The summed E-state index contributed by atoms with van der Waals surface area (Å²) >= 11 is 13.0. The number of halogens is 2. The second kappa shape index (κ2) is 11.1. The van der Waals surface area contributed by atoms with E-state index in [2.05, 4.69) is 10.6 Å². The summed E-state index contributed by atoms with van der Waals surface area (Å²) in [6, 6.07) is 7.60. The van der Waals surface area contributed by atoms with Crippen LogP contribution in [0.5, 0.6) is 0 Å². The molecule has 0 bridgehead atoms. The van der Waals surface area contributed by atoms with Gasteiger partial charge in [0.15, 0.2) is 0 Å². The Balaban J connectivity index is 0.00000342. The molecule has 0 spiro atoms. The van der Waals surface area contributed by atoms with Crippen LogP contribution in [0.1, 0.15) is 37.7 Å². The van der Waals surface area contributed by atoms with Gasteiger partial charge in [0.05, 0.1) is 22.6 Å². The highest BCUT2D eigenvalue weighted by Gasteiger charge is 2.40. The molecule has 2 heterocycles. The summed E-state index contributed by atoms with van der Waals surface area (Å²) in [6.07, 6.45) is 4.57. The number of ether oxygens (including phenoxy) is 1. The zero-order valence-corrected chi connectivity index (χ0v) is 21.2. The van der Waals surface area contributed by atoms with Crippen molar-refractivity contribution in [1.29, 1.82) is 0 Å². The largest absolute Gasteiger partial charge is 0.383 e. The summed E-state index contributed by atoms with van der Waals surface area (Å²) < 4.78 is 6.66. The molecule has 1 aromatic heterocycles. The maximum Gasteiger partial charge on any atom is 0.250 e. The summed E-state index contributed by atoms with van der Waals surface area (Å²) in [4.78, 5) is 28.1. The molecule has 186 valence electrons. The molecule has 2 N–H and O–H groups in total. The SMILES string of the molecule is COCCNc1cc(Cl)c(Cl)c(CN(C(=O)[C@H]2CNCC[C@@H]2c2ccn(C)c(=O)c2)C2CC2)c1.[HH]. The lowest BCUT2D eigenvalue weighted by molar-refractivity contribution is -0.138. The van der Waals surface area contributed by atoms with E-state index in [9.17, 15) is 9.59 Å². The number of amides is 1. The number of aryl methyl sites for hydroxylation is 1. The monoisotopic (exact) mass is 508 g/mol. The van der Waals surface area contributed by atoms with Gasteiger partial charge in [-0.05, 0) is 61.1 Å². The standard InChI is InChI=1S/C25H32Cl2N4O3.H2/c1-30-9-6-16(12-23(30)32)20-5-7-28-14-21(20)25(33)31(19-3-4-19)15-17-11-18(29-8-10-34-2)13-22(26)24(17)27;/h6,9,11-13,19-21,28-29H,3-5,7-8,10,14-15H2,1-2H3;1H/t20-,21+;/m1./s1. The van der Waals surface area contributed by atoms with Crippen molar-refractivity contribution in [3.8, 4) is 0 Å². The number of benzene rings is 1. The normalized spacial score (nSPS) is 20.2. The number of methoxy groups -OCH3 is 1. The highest BCUT2D eigenvalue weighted by atomic mass is 35.5. The molecule has 2 fully saturated rings. The van der Waals surface area contributed by atoms with Crippen molar-refractivity contribution in [3.05, 3.63) is 62.0 Å². The third-order valence-corrected chi connectivity index (χ3v) is 7.55. The van der Waals surface area contributed by atoms with Gasteiger partial charge in [-0.15, -0.1) is 0 Å². The van der Waals surface area contributed by atoms with Crippen LogP contribution in [0.2, 0.25) is 10.0 Å². The van der Waals surface area contributed by atoms with Crippen molar-refractivity contribution in [2.24, 2.45) is 13.0 Å². The van der Waals surface area contributed by atoms with Crippen LogP contribution in [0.4, 0.5) is 5.69 Å². The Bertz CT molecular complexity index is 1090. The smallest absolute Gasteiger partial charge is 0.250 e. The lowest BCUT2D eigenvalue weighted by Crippen LogP contribution is -2.47. The molecule has 1 amide bonds. The van der Waals surface area contributed by atoms with Gasteiger partial charge in [0.25, 0.3) is 5.56 Å². The molecule has 34 heavy (non-hydrogen) atoms. The maximum atomic E-state index is 13.9. The van der Waals surface area contributed by atoms with E-state index in [0.717, 1.165) is 42.6 Å². The van der Waals surface area contributed by atoms with Gasteiger partial charge >= 0.3 is 0 Å². The number of nitrogens with one attached hydrogen (secondary N) is 2. The first kappa shape index (κ1) is 25.0. The average Bonchev–Trinajstić information content (AvgIpc) is 3.67. The highest BCUT2D eigenvalue weighted by Crippen LogP contribution is 2.38. The third kappa shape index (κ3) is 5.77. The first-order valence-corrected chi connectivity index (χ1v) is 12.5. The van der Waals surface area contributed by atoms with E-state index in [4.69, 9.17) is 27.9 Å². The number of rotatable bonds is 9. The van der Waals surface area contributed by atoms with Gasteiger partial charge in [0.1, 0.15) is 0 Å². The number of anilines is 1. The van der Waals surface area contributed by atoms with E-state index in [1.165, 1.54) is 0 Å². The Morgan fingerprint density at radius 1 is 1.29 bits per heavy atom. The zero-order chi connectivity index (χ0) is 24.2. The number of pyridine rings is 1. The predicted octanol–water partition coefficient (Wildman–Crippen LogP) is 3.88. The average molecular weight is 509 g/mol. The molecule has 2 atom stereocenters. The predicted molar refractivity (Wildman–Crippen MR) is 138 cm³/mol. The van der Waals surface area contributed by atoms with Gasteiger partial charge in [-0.25, -0.2) is 0 Å². The minimum atomic E-state index is -0.237. The van der Waals surface area contributed by atoms with E-state index in [1.807, 2.05) is 17.0 Å². The number of hydrogen-bond donors (Lipinski definition) is 2. The van der Waals surface area contributed by atoms with Crippen LogP contribution in [-0.4, -0.2) is 54.8 Å². The molecule has 0 unspecified atom stereocenters. The minimum absolute atomic E-state index is 0. The molecular weight excluding hydrogens is 475 g/mol. The molecule has 1 saturated heterocycles. The fraction of sp³-hybridized carbons (Fsp3) is 0.520. The Labute approximate surface area is 211 Å². The first-order valence-electron chi connectivity index (χ1n) is 11.8. The summed E-state index contributed by atoms with van der Waals surface area (Å²) in [7, 11) is 3.39. The van der Waals surface area contributed by atoms with Gasteiger partial charge in [0, 0.05) is 59.2 Å². The number of aromatic nitrogens is 1. The van der Waals surface area contributed by atoms with Crippen molar-refractivity contribution < 1.29 is 11.0 Å². The number of carbonyl (C=O) groups is 1. The van der Waals surface area contributed by atoms with Crippen molar-refractivity contribution in [2.45, 2.75) is 37.8 Å². The van der Waals surface area contributed by atoms with E-state index >= 15 is 0 Å². The summed E-state index contributed by atoms with van der Waals surface area (Å²) in [6.45, 7) is 3.03. The van der Waals surface area contributed by atoms with Gasteiger partial charge < -0.3 is 24.8 Å². The van der Waals surface area contributed by atoms with Crippen LogP contribution in [0.3, 0.4) is 0 Å². The number of carbonyl (C=O) groups excluding carboxylic acids is 1. The quantitative estimate of drug-likeness (QED) is 0.502. The minimum Gasteiger partial charge on any atom is -0.383 e. The van der Waals surface area contributed by atoms with E-state index in [1.54, 1.807) is 37.1 Å². The summed E-state index contributed by atoms with van der Waals surface area (Å²) in [5, 5.41) is 7.60. The Hall–Kier alpha value is -2.06. The Kier molecular flexibility index (Phi) is 8.19. The third-order valence-electron chi connectivity index (χ3n) is 6.71. The molecular formula is C25H34Cl2N4O3. The molecule has 2 aliphatic rings. The zero-order valence-electron chi connectivity index (χ0n) is 19.7. The van der Waals surface area contributed by atoms with Gasteiger partial charge in [-0.1, -0.05) is 23.2 Å². The lowest BCUT2D eigenvalue weighted by Gasteiger charge is -2.36. The Morgan fingerprint density at radius 3 is 2.79 bits per heavy atom. The molecule has 9 heteroatoms. The second-order valence-electron chi connectivity index (χ2n) is 9.16.